The number of halogens is 1. The summed E-state index contributed by atoms with van der Waals surface area (Å²) < 4.78 is 23.8. The lowest BCUT2D eigenvalue weighted by Gasteiger charge is -2.15. The number of aromatic nitrogens is 3. The van der Waals surface area contributed by atoms with Crippen LogP contribution in [0.3, 0.4) is 0 Å². The molecule has 0 N–H and O–H groups in total. The van der Waals surface area contributed by atoms with Gasteiger partial charge in [0, 0.05) is 31.9 Å². The first-order chi connectivity index (χ1) is 13.7. The highest BCUT2D eigenvalue weighted by molar-refractivity contribution is 5.94. The highest BCUT2D eigenvalue weighted by atomic mass is 19.1. The molecule has 1 aliphatic rings. The normalized spacial score (nSPS) is 16.3. The van der Waals surface area contributed by atoms with Crippen LogP contribution in [0.15, 0.2) is 53.3 Å². The summed E-state index contributed by atoms with van der Waals surface area (Å²) in [5.74, 6) is 1.36. The van der Waals surface area contributed by atoms with Crippen molar-refractivity contribution >= 4 is 5.91 Å². The Bertz CT molecular complexity index is 930. The van der Waals surface area contributed by atoms with E-state index in [9.17, 15) is 9.18 Å². The van der Waals surface area contributed by atoms with Gasteiger partial charge in [-0.1, -0.05) is 5.16 Å². The summed E-state index contributed by atoms with van der Waals surface area (Å²) in [4.78, 5) is 22.7. The van der Waals surface area contributed by atoms with Crippen LogP contribution in [0.1, 0.15) is 34.4 Å². The number of nitrogens with zero attached hydrogens (tertiary/aromatic N) is 4. The fourth-order valence-electron chi connectivity index (χ4n) is 3.14. The van der Waals surface area contributed by atoms with Crippen molar-refractivity contribution in [3.8, 4) is 5.75 Å². The Balaban J connectivity index is 1.29. The van der Waals surface area contributed by atoms with Gasteiger partial charge in [-0.15, -0.1) is 0 Å². The number of carbonyl (C=O) groups excluding carboxylic acids is 1. The van der Waals surface area contributed by atoms with E-state index >= 15 is 0 Å². The van der Waals surface area contributed by atoms with Crippen LogP contribution in [0.5, 0.6) is 5.75 Å². The van der Waals surface area contributed by atoms with Gasteiger partial charge in [-0.05, 0) is 42.8 Å². The predicted octanol–water partition coefficient (Wildman–Crippen LogP) is 2.85. The number of benzene rings is 1. The lowest BCUT2D eigenvalue weighted by Crippen LogP contribution is -2.28. The minimum absolute atomic E-state index is 0.0277. The van der Waals surface area contributed by atoms with Gasteiger partial charge in [0.2, 0.25) is 5.89 Å². The predicted molar refractivity (Wildman–Crippen MR) is 97.4 cm³/mol. The van der Waals surface area contributed by atoms with Crippen LogP contribution in [0, 0.1) is 5.82 Å². The van der Waals surface area contributed by atoms with Gasteiger partial charge in [0.05, 0.1) is 18.1 Å². The second-order valence-corrected chi connectivity index (χ2v) is 6.58. The number of pyridine rings is 1. The summed E-state index contributed by atoms with van der Waals surface area (Å²) in [6.07, 6.45) is 4.47. The van der Waals surface area contributed by atoms with Crippen LogP contribution in [-0.2, 0) is 6.42 Å². The van der Waals surface area contributed by atoms with Crippen molar-refractivity contribution in [2.45, 2.75) is 18.8 Å². The first-order valence-corrected chi connectivity index (χ1v) is 9.09. The molecule has 0 bridgehead atoms. The van der Waals surface area contributed by atoms with Crippen LogP contribution < -0.4 is 4.74 Å². The van der Waals surface area contributed by atoms with Gasteiger partial charge in [-0.25, -0.2) is 4.39 Å². The average Bonchev–Trinajstić information content (AvgIpc) is 3.39. The number of rotatable bonds is 6. The monoisotopic (exact) mass is 382 g/mol. The van der Waals surface area contributed by atoms with Crippen molar-refractivity contribution in [1.82, 2.24) is 20.0 Å². The van der Waals surface area contributed by atoms with Crippen molar-refractivity contribution < 1.29 is 18.4 Å². The van der Waals surface area contributed by atoms with E-state index in [0.717, 1.165) is 6.42 Å². The van der Waals surface area contributed by atoms with Crippen LogP contribution in [0.4, 0.5) is 4.39 Å². The Kier molecular flexibility index (Phi) is 5.27. The largest absolute Gasteiger partial charge is 0.493 e. The number of hydrogen-bond acceptors (Lipinski definition) is 6. The molecule has 0 aliphatic carbocycles. The third-order valence-electron chi connectivity index (χ3n) is 4.63. The molecule has 8 heteroatoms. The Labute approximate surface area is 161 Å². The number of amides is 1. The van der Waals surface area contributed by atoms with E-state index in [1.165, 1.54) is 12.1 Å². The Morgan fingerprint density at radius 1 is 1.29 bits per heavy atom. The van der Waals surface area contributed by atoms with Crippen molar-refractivity contribution in [3.05, 3.63) is 71.9 Å². The van der Waals surface area contributed by atoms with Gasteiger partial charge in [-0.3, -0.25) is 9.78 Å². The van der Waals surface area contributed by atoms with Crippen LogP contribution in [0.25, 0.3) is 0 Å². The van der Waals surface area contributed by atoms with Crippen LogP contribution in [-0.4, -0.2) is 45.6 Å². The molecule has 1 amide bonds. The van der Waals surface area contributed by atoms with Gasteiger partial charge in [0.25, 0.3) is 5.91 Å². The second kappa shape index (κ2) is 8.16. The summed E-state index contributed by atoms with van der Waals surface area (Å²) >= 11 is 0. The molecule has 1 unspecified atom stereocenters. The highest BCUT2D eigenvalue weighted by Crippen LogP contribution is 2.27. The summed E-state index contributed by atoms with van der Waals surface area (Å²) in [5, 5.41) is 3.99. The Morgan fingerprint density at radius 2 is 2.14 bits per heavy atom. The first-order valence-electron chi connectivity index (χ1n) is 9.09. The molecule has 0 radical (unpaired) electrons. The molecule has 0 spiro atoms. The maximum absolute atomic E-state index is 12.9. The highest BCUT2D eigenvalue weighted by Gasteiger charge is 2.31. The molecule has 0 saturated carbocycles. The minimum Gasteiger partial charge on any atom is -0.493 e. The van der Waals surface area contributed by atoms with E-state index in [4.69, 9.17) is 9.26 Å². The standard InChI is InChI=1S/C20H19FN4O3/c21-16-3-5-17(6-4-16)27-11-8-18-23-19(28-24-18)15-7-10-25(13-15)20(26)14-2-1-9-22-12-14/h1-6,9,12,15H,7-8,10-11,13H2. The number of likely N-dealkylation sites (tertiary alicyclic amines) is 1. The topological polar surface area (TPSA) is 81.4 Å². The zero-order valence-electron chi connectivity index (χ0n) is 15.1. The van der Waals surface area contributed by atoms with Gasteiger partial charge >= 0.3 is 0 Å². The van der Waals surface area contributed by atoms with Crippen LogP contribution >= 0.6 is 0 Å². The van der Waals surface area contributed by atoms with E-state index in [1.54, 1.807) is 41.6 Å². The molecule has 7 nitrogen and oxygen atoms in total. The van der Waals surface area contributed by atoms with E-state index in [1.807, 2.05) is 0 Å². The zero-order valence-corrected chi connectivity index (χ0v) is 15.1. The van der Waals surface area contributed by atoms with E-state index in [-0.39, 0.29) is 17.6 Å². The molecule has 28 heavy (non-hydrogen) atoms. The van der Waals surface area contributed by atoms with Crippen molar-refractivity contribution in [2.75, 3.05) is 19.7 Å². The van der Waals surface area contributed by atoms with Crippen LogP contribution in [0.2, 0.25) is 0 Å². The molecule has 3 heterocycles. The number of hydrogen-bond donors (Lipinski definition) is 0. The summed E-state index contributed by atoms with van der Waals surface area (Å²) in [6.45, 7) is 1.55. The van der Waals surface area contributed by atoms with E-state index < -0.39 is 0 Å². The first kappa shape index (κ1) is 18.1. The third kappa shape index (κ3) is 4.16. The zero-order chi connectivity index (χ0) is 19.3. The molecule has 144 valence electrons. The van der Waals surface area contributed by atoms with E-state index in [0.29, 0.717) is 49.1 Å². The van der Waals surface area contributed by atoms with Crippen molar-refractivity contribution in [3.63, 3.8) is 0 Å². The van der Waals surface area contributed by atoms with Crippen molar-refractivity contribution in [2.24, 2.45) is 0 Å². The fraction of sp³-hybridized carbons (Fsp3) is 0.300. The SMILES string of the molecule is O=C(c1cccnc1)N1CCC(c2nc(CCOc3ccc(F)cc3)no2)C1. The van der Waals surface area contributed by atoms with Gasteiger partial charge in [0.15, 0.2) is 5.82 Å². The molecular weight excluding hydrogens is 363 g/mol. The van der Waals surface area contributed by atoms with Gasteiger partial charge in [0.1, 0.15) is 11.6 Å². The molecule has 1 fully saturated rings. The molecule has 1 saturated heterocycles. The number of ether oxygens (including phenoxy) is 1. The minimum atomic E-state index is -0.303. The maximum Gasteiger partial charge on any atom is 0.255 e. The summed E-state index contributed by atoms with van der Waals surface area (Å²) in [5.41, 5.74) is 0.576. The van der Waals surface area contributed by atoms with E-state index in [2.05, 4.69) is 15.1 Å². The third-order valence-corrected chi connectivity index (χ3v) is 4.63. The average molecular weight is 382 g/mol. The molecule has 1 aliphatic heterocycles. The summed E-state index contributed by atoms with van der Waals surface area (Å²) in [7, 11) is 0. The molecule has 4 rings (SSSR count). The molecule has 3 aromatic rings. The number of carbonyl (C=O) groups is 1. The molecule has 1 atom stereocenters. The van der Waals surface area contributed by atoms with Gasteiger partial charge in [-0.2, -0.15) is 4.98 Å². The van der Waals surface area contributed by atoms with Gasteiger partial charge < -0.3 is 14.2 Å². The second-order valence-electron chi connectivity index (χ2n) is 6.58. The lowest BCUT2D eigenvalue weighted by atomic mass is 10.1. The molecular formula is C20H19FN4O3. The molecule has 1 aromatic carbocycles. The Hall–Kier alpha value is -3.29. The smallest absolute Gasteiger partial charge is 0.255 e. The maximum atomic E-state index is 12.9. The quantitative estimate of drug-likeness (QED) is 0.652. The fourth-order valence-corrected chi connectivity index (χ4v) is 3.14. The lowest BCUT2D eigenvalue weighted by molar-refractivity contribution is 0.0789. The molecule has 2 aromatic heterocycles. The van der Waals surface area contributed by atoms with Crippen molar-refractivity contribution in [1.29, 1.82) is 0 Å². The Morgan fingerprint density at radius 3 is 2.93 bits per heavy atom. The summed E-state index contributed by atoms with van der Waals surface area (Å²) in [6, 6.07) is 9.35.